The van der Waals surface area contributed by atoms with Gasteiger partial charge in [-0.3, -0.25) is 14.7 Å². The second-order valence-electron chi connectivity index (χ2n) is 18.3. The topological polar surface area (TPSA) is 146 Å². The van der Waals surface area contributed by atoms with Crippen LogP contribution in [0.4, 0.5) is 13.6 Å². The van der Waals surface area contributed by atoms with Crippen LogP contribution in [0.1, 0.15) is 78.3 Å². The smallest absolute Gasteiger partial charge is 0.408 e. The first kappa shape index (κ1) is 49.5. The fraction of sp³-hybridized carbons (Fsp3) is 0.404. The van der Waals surface area contributed by atoms with Crippen molar-refractivity contribution in [3.05, 3.63) is 147 Å². The molecule has 1 aromatic heterocycles. The molecule has 10 rings (SSSR count). The average Bonchev–Trinajstić information content (AvgIpc) is 4.06. The normalized spacial score (nSPS) is 20.9. The summed E-state index contributed by atoms with van der Waals surface area (Å²) in [6.07, 6.45) is 7.06. The number of hydrogen-bond acceptors (Lipinski definition) is 11. The molecule has 1 N–H and O–H groups in total. The standard InChI is InChI=1S/C52H54Cl2F2N4O9S/c53-43-27-57-28-44(54)42(43)25-39(37-16-17-46(68-51(55)56)47(26-37)66-30-33-14-15-33)32-67-50(61)45-13-6-20-60(45)70(63,64)41-12-4-7-34(23-41)31-65-40-11-5-10-38(24-40)49(36-8-2-1-3-9-36)58-52(62)69-48-29-59-21-18-35(48)19-22-59/h1-5,7-12,16-17,23-24,26-28,33,35,39,45,48-49,51H,6,13-15,18-22,25,29-32H2,(H,58,62)/t39-,45+,48+,49+/m1/s1. The van der Waals surface area contributed by atoms with E-state index in [1.54, 1.807) is 30.3 Å². The van der Waals surface area contributed by atoms with Crippen LogP contribution in [0.2, 0.25) is 10.0 Å². The Bertz CT molecular complexity index is 2730. The number of alkyl halides is 2. The number of carbonyl (C=O) groups is 2. The molecule has 4 saturated heterocycles. The molecule has 5 heterocycles. The van der Waals surface area contributed by atoms with Gasteiger partial charge in [-0.25, -0.2) is 13.2 Å². The number of alkyl carbamates (subject to hydrolysis) is 1. The van der Waals surface area contributed by atoms with Gasteiger partial charge in [-0.15, -0.1) is 0 Å². The largest absolute Gasteiger partial charge is 0.489 e. The van der Waals surface area contributed by atoms with Gasteiger partial charge in [-0.1, -0.05) is 83.9 Å². The molecule has 1 saturated carbocycles. The Balaban J connectivity index is 0.870. The quantitative estimate of drug-likeness (QED) is 0.0744. The molecule has 18 heteroatoms. The van der Waals surface area contributed by atoms with Gasteiger partial charge in [0.25, 0.3) is 0 Å². The molecule has 70 heavy (non-hydrogen) atoms. The summed E-state index contributed by atoms with van der Waals surface area (Å²) in [4.78, 5) is 33.7. The first-order chi connectivity index (χ1) is 33.9. The van der Waals surface area contributed by atoms with Crippen molar-refractivity contribution in [2.75, 3.05) is 39.4 Å². The maximum atomic E-state index is 14.3. The van der Waals surface area contributed by atoms with Crippen LogP contribution in [0.15, 0.2) is 114 Å². The molecule has 1 amide bonds. The molecule has 5 fully saturated rings. The molecular weight excluding hydrogens is 966 g/mol. The summed E-state index contributed by atoms with van der Waals surface area (Å²) in [5.41, 5.74) is 3.31. The maximum Gasteiger partial charge on any atom is 0.408 e. The summed E-state index contributed by atoms with van der Waals surface area (Å²) >= 11 is 13.1. The Morgan fingerprint density at radius 1 is 0.800 bits per heavy atom. The van der Waals surface area contributed by atoms with Crippen LogP contribution in [-0.4, -0.2) is 92.8 Å². The van der Waals surface area contributed by atoms with Gasteiger partial charge in [0.05, 0.1) is 34.2 Å². The highest BCUT2D eigenvalue weighted by molar-refractivity contribution is 7.89. The highest BCUT2D eigenvalue weighted by atomic mass is 35.5. The van der Waals surface area contributed by atoms with Crippen LogP contribution >= 0.6 is 23.2 Å². The number of aromatic nitrogens is 1. The van der Waals surface area contributed by atoms with Crippen molar-refractivity contribution in [2.45, 2.75) is 87.2 Å². The summed E-state index contributed by atoms with van der Waals surface area (Å²) in [6, 6.07) is 26.3. The zero-order chi connectivity index (χ0) is 48.8. The molecule has 5 aliphatic rings. The van der Waals surface area contributed by atoms with Crippen molar-refractivity contribution < 1.29 is 50.5 Å². The van der Waals surface area contributed by atoms with Crippen molar-refractivity contribution >= 4 is 45.3 Å². The van der Waals surface area contributed by atoms with E-state index in [2.05, 4.69) is 15.2 Å². The van der Waals surface area contributed by atoms with Crippen LogP contribution in [0.5, 0.6) is 17.2 Å². The Kier molecular flexibility index (Phi) is 15.7. The Morgan fingerprint density at radius 2 is 1.56 bits per heavy atom. The minimum Gasteiger partial charge on any atom is -0.489 e. The van der Waals surface area contributed by atoms with E-state index < -0.39 is 46.7 Å². The number of halogens is 4. The van der Waals surface area contributed by atoms with E-state index in [0.717, 1.165) is 56.4 Å². The molecule has 4 aliphatic heterocycles. The van der Waals surface area contributed by atoms with Crippen molar-refractivity contribution in [3.8, 4) is 17.2 Å². The maximum absolute atomic E-state index is 14.3. The fourth-order valence-electron chi connectivity index (χ4n) is 9.49. The summed E-state index contributed by atoms with van der Waals surface area (Å²) < 4.78 is 85.5. The van der Waals surface area contributed by atoms with Crippen LogP contribution in [-0.2, 0) is 37.3 Å². The Hall–Kier alpha value is -5.52. The third-order valence-electron chi connectivity index (χ3n) is 13.5. The van der Waals surface area contributed by atoms with Crippen molar-refractivity contribution in [3.63, 3.8) is 0 Å². The van der Waals surface area contributed by atoms with Crippen LogP contribution < -0.4 is 19.5 Å². The number of ether oxygens (including phenoxy) is 5. The number of piperidine rings is 3. The lowest BCUT2D eigenvalue weighted by atomic mass is 9.86. The van der Waals surface area contributed by atoms with Gasteiger partial charge in [-0.2, -0.15) is 13.1 Å². The predicted octanol–water partition coefficient (Wildman–Crippen LogP) is 9.99. The molecule has 4 atom stereocenters. The monoisotopic (exact) mass is 1020 g/mol. The number of pyridine rings is 1. The summed E-state index contributed by atoms with van der Waals surface area (Å²) in [7, 11) is -4.20. The molecule has 13 nitrogen and oxygen atoms in total. The van der Waals surface area contributed by atoms with E-state index in [1.165, 1.54) is 34.9 Å². The zero-order valence-electron chi connectivity index (χ0n) is 38.3. The molecule has 2 bridgehead atoms. The number of hydrogen-bond donors (Lipinski definition) is 1. The lowest BCUT2D eigenvalue weighted by Crippen LogP contribution is -2.52. The number of fused-ring (bicyclic) bond motifs is 3. The predicted molar refractivity (Wildman–Crippen MR) is 258 cm³/mol. The van der Waals surface area contributed by atoms with Crippen molar-refractivity contribution in [2.24, 2.45) is 11.8 Å². The molecule has 1 aliphatic carbocycles. The number of rotatable bonds is 20. The number of amides is 1. The van der Waals surface area contributed by atoms with Crippen LogP contribution in [0.3, 0.4) is 0 Å². The summed E-state index contributed by atoms with van der Waals surface area (Å²) in [6.45, 7) is -0.0356. The summed E-state index contributed by atoms with van der Waals surface area (Å²) in [5, 5.41) is 3.65. The Labute approximate surface area is 416 Å². The van der Waals surface area contributed by atoms with Crippen molar-refractivity contribution in [1.82, 2.24) is 19.5 Å². The molecule has 0 spiro atoms. The lowest BCUT2D eigenvalue weighted by Gasteiger charge is -2.43. The third kappa shape index (κ3) is 12.1. The molecule has 0 radical (unpaired) electrons. The molecule has 0 unspecified atom stereocenters. The number of nitrogens with one attached hydrogen (secondary N) is 1. The third-order valence-corrected chi connectivity index (χ3v) is 16.0. The highest BCUT2D eigenvalue weighted by Gasteiger charge is 2.41. The number of sulfonamides is 1. The van der Waals surface area contributed by atoms with Crippen molar-refractivity contribution in [1.29, 1.82) is 0 Å². The van der Waals surface area contributed by atoms with E-state index >= 15 is 0 Å². The van der Waals surface area contributed by atoms with Gasteiger partial charge in [0.15, 0.2) is 11.5 Å². The highest BCUT2D eigenvalue weighted by Crippen LogP contribution is 2.39. The van der Waals surface area contributed by atoms with E-state index in [-0.39, 0.29) is 65.1 Å². The lowest BCUT2D eigenvalue weighted by molar-refractivity contribution is -0.148. The molecule has 370 valence electrons. The first-order valence-corrected chi connectivity index (χ1v) is 25.8. The zero-order valence-corrected chi connectivity index (χ0v) is 40.6. The second kappa shape index (κ2) is 22.3. The summed E-state index contributed by atoms with van der Waals surface area (Å²) in [5.74, 6) is -0.186. The average molecular weight is 1020 g/mol. The van der Waals surface area contributed by atoms with Gasteiger partial charge < -0.3 is 29.0 Å². The fourth-order valence-corrected chi connectivity index (χ4v) is 11.7. The van der Waals surface area contributed by atoms with Gasteiger partial charge in [0, 0.05) is 31.4 Å². The number of carbonyl (C=O) groups excluding carboxylic acids is 2. The first-order valence-electron chi connectivity index (χ1n) is 23.6. The van der Waals surface area contributed by atoms with E-state index in [0.29, 0.717) is 47.3 Å². The SMILES string of the molecule is O=C(N[C@@H](c1ccccc1)c1cccc(OCc2cccc(S(=O)(=O)N3CCC[C@H]3C(=O)OC[C@@H](Cc3c(Cl)cncc3Cl)c3ccc(OC(F)F)c(OCC4CC4)c3)c2)c1)O[C@H]1CN2CCC1CC2. The number of esters is 1. The minimum atomic E-state index is -4.20. The minimum absolute atomic E-state index is 0.0124. The number of nitrogens with zero attached hydrogens (tertiary/aromatic N) is 3. The molecule has 4 aromatic carbocycles. The van der Waals surface area contributed by atoms with E-state index in [4.69, 9.17) is 46.9 Å². The molecule has 5 aromatic rings. The van der Waals surface area contributed by atoms with Gasteiger partial charge in [0.1, 0.15) is 24.5 Å². The second-order valence-corrected chi connectivity index (χ2v) is 21.0. The molecular formula is C52H54Cl2F2N4O9S. The van der Waals surface area contributed by atoms with Gasteiger partial charge >= 0.3 is 18.7 Å². The van der Waals surface area contributed by atoms with E-state index in [9.17, 15) is 26.8 Å². The Morgan fingerprint density at radius 3 is 2.29 bits per heavy atom. The van der Waals surface area contributed by atoms with E-state index in [1.807, 2.05) is 48.5 Å². The van der Waals surface area contributed by atoms with Crippen LogP contribution in [0, 0.1) is 11.8 Å². The number of benzene rings is 4. The van der Waals surface area contributed by atoms with Gasteiger partial charge in [0.2, 0.25) is 10.0 Å². The van der Waals surface area contributed by atoms with Crippen LogP contribution in [0.25, 0.3) is 0 Å². The van der Waals surface area contributed by atoms with Gasteiger partial charge in [-0.05, 0) is 134 Å².